The van der Waals surface area contributed by atoms with Crippen molar-refractivity contribution < 1.29 is 0 Å². The highest BCUT2D eigenvalue weighted by atomic mass is 14.9. The molecule has 0 saturated carbocycles. The molecule has 0 aromatic carbocycles. The second kappa shape index (κ2) is 6.24. The van der Waals surface area contributed by atoms with Gasteiger partial charge in [-0.2, -0.15) is 0 Å². The van der Waals surface area contributed by atoms with Crippen molar-refractivity contribution in [2.24, 2.45) is 0 Å². The van der Waals surface area contributed by atoms with Gasteiger partial charge in [0.05, 0.1) is 0 Å². The van der Waals surface area contributed by atoms with Gasteiger partial charge in [-0.25, -0.2) is 0 Å². The van der Waals surface area contributed by atoms with E-state index in [0.717, 1.165) is 6.42 Å². The Balaban J connectivity index is 3.41. The standard InChI is InChI=1S/C10H19N/c1-5-7-9(3)11-10(4)8-6-2/h1,9-11H,6-8H2,2-4H3. The summed E-state index contributed by atoms with van der Waals surface area (Å²) in [5.74, 6) is 2.65. The van der Waals surface area contributed by atoms with Crippen LogP contribution in [0.1, 0.15) is 40.0 Å². The fourth-order valence-corrected chi connectivity index (χ4v) is 1.24. The maximum atomic E-state index is 5.19. The SMILES string of the molecule is C#CCC(C)NC(C)CCC. The highest BCUT2D eigenvalue weighted by Gasteiger charge is 2.03. The molecule has 0 radical (unpaired) electrons. The van der Waals surface area contributed by atoms with Crippen molar-refractivity contribution in [1.82, 2.24) is 5.32 Å². The van der Waals surface area contributed by atoms with Crippen LogP contribution in [0.2, 0.25) is 0 Å². The second-order valence-corrected chi connectivity index (χ2v) is 3.17. The Morgan fingerprint density at radius 3 is 2.45 bits per heavy atom. The minimum atomic E-state index is 0.460. The van der Waals surface area contributed by atoms with Gasteiger partial charge in [-0.1, -0.05) is 13.3 Å². The van der Waals surface area contributed by atoms with Crippen LogP contribution < -0.4 is 5.32 Å². The second-order valence-electron chi connectivity index (χ2n) is 3.17. The highest BCUT2D eigenvalue weighted by molar-refractivity contribution is 4.88. The quantitative estimate of drug-likeness (QED) is 0.597. The first-order valence-electron chi connectivity index (χ1n) is 4.40. The lowest BCUT2D eigenvalue weighted by Crippen LogP contribution is -2.33. The van der Waals surface area contributed by atoms with Crippen LogP contribution in [0.25, 0.3) is 0 Å². The normalized spacial score (nSPS) is 15.5. The Bertz CT molecular complexity index is 123. The minimum absolute atomic E-state index is 0.460. The van der Waals surface area contributed by atoms with Gasteiger partial charge in [-0.05, 0) is 20.3 Å². The molecular weight excluding hydrogens is 134 g/mol. The van der Waals surface area contributed by atoms with Crippen molar-refractivity contribution in [3.8, 4) is 12.3 Å². The van der Waals surface area contributed by atoms with Crippen LogP contribution in [-0.2, 0) is 0 Å². The summed E-state index contributed by atoms with van der Waals surface area (Å²) in [6, 6.07) is 1.06. The molecule has 2 atom stereocenters. The van der Waals surface area contributed by atoms with E-state index < -0.39 is 0 Å². The number of hydrogen-bond donors (Lipinski definition) is 1. The molecule has 0 bridgehead atoms. The van der Waals surface area contributed by atoms with Crippen LogP contribution in [0.4, 0.5) is 0 Å². The zero-order chi connectivity index (χ0) is 8.69. The molecule has 11 heavy (non-hydrogen) atoms. The van der Waals surface area contributed by atoms with E-state index in [1.165, 1.54) is 12.8 Å². The Morgan fingerprint density at radius 1 is 1.36 bits per heavy atom. The Kier molecular flexibility index (Phi) is 5.97. The van der Waals surface area contributed by atoms with Crippen LogP contribution in [0, 0.1) is 12.3 Å². The molecule has 0 aliphatic carbocycles. The van der Waals surface area contributed by atoms with Gasteiger partial charge in [0, 0.05) is 18.5 Å². The van der Waals surface area contributed by atoms with Crippen LogP contribution in [-0.4, -0.2) is 12.1 Å². The molecule has 0 aromatic heterocycles. The van der Waals surface area contributed by atoms with Crippen LogP contribution in [0.5, 0.6) is 0 Å². The van der Waals surface area contributed by atoms with E-state index in [1.807, 2.05) is 0 Å². The topological polar surface area (TPSA) is 12.0 Å². The molecule has 0 saturated heterocycles. The fraction of sp³-hybridized carbons (Fsp3) is 0.800. The molecular formula is C10H19N. The summed E-state index contributed by atoms with van der Waals surface area (Å²) < 4.78 is 0. The molecule has 0 amide bonds. The van der Waals surface area contributed by atoms with E-state index in [1.54, 1.807) is 0 Å². The number of terminal acetylenes is 1. The van der Waals surface area contributed by atoms with Gasteiger partial charge in [-0.3, -0.25) is 0 Å². The fourth-order valence-electron chi connectivity index (χ4n) is 1.24. The van der Waals surface area contributed by atoms with Crippen molar-refractivity contribution in [3.05, 3.63) is 0 Å². The Hall–Kier alpha value is -0.480. The molecule has 0 aromatic rings. The van der Waals surface area contributed by atoms with E-state index in [-0.39, 0.29) is 0 Å². The van der Waals surface area contributed by atoms with Gasteiger partial charge in [0.2, 0.25) is 0 Å². The van der Waals surface area contributed by atoms with Gasteiger partial charge < -0.3 is 5.32 Å². The molecule has 0 heterocycles. The summed E-state index contributed by atoms with van der Waals surface area (Å²) >= 11 is 0. The van der Waals surface area contributed by atoms with Crippen molar-refractivity contribution >= 4 is 0 Å². The summed E-state index contributed by atoms with van der Waals surface area (Å²) in [6.07, 6.45) is 8.48. The monoisotopic (exact) mass is 153 g/mol. The summed E-state index contributed by atoms with van der Waals surface area (Å²) in [5, 5.41) is 3.44. The average molecular weight is 153 g/mol. The molecule has 0 rings (SSSR count). The largest absolute Gasteiger partial charge is 0.311 e. The summed E-state index contributed by atoms with van der Waals surface area (Å²) in [6.45, 7) is 6.53. The van der Waals surface area contributed by atoms with Crippen molar-refractivity contribution in [3.63, 3.8) is 0 Å². The zero-order valence-corrected chi connectivity index (χ0v) is 7.85. The van der Waals surface area contributed by atoms with Crippen LogP contribution in [0.3, 0.4) is 0 Å². The first-order chi connectivity index (χ1) is 5.20. The van der Waals surface area contributed by atoms with Gasteiger partial charge in [-0.15, -0.1) is 12.3 Å². The van der Waals surface area contributed by atoms with Crippen molar-refractivity contribution in [1.29, 1.82) is 0 Å². The zero-order valence-electron chi connectivity index (χ0n) is 7.85. The molecule has 1 nitrogen and oxygen atoms in total. The third kappa shape index (κ3) is 5.94. The predicted octanol–water partition coefficient (Wildman–Crippen LogP) is 2.18. The molecule has 64 valence electrons. The molecule has 1 heteroatoms. The lowest BCUT2D eigenvalue weighted by atomic mass is 10.1. The van der Waals surface area contributed by atoms with Crippen LogP contribution >= 0.6 is 0 Å². The van der Waals surface area contributed by atoms with Gasteiger partial charge in [0.15, 0.2) is 0 Å². The predicted molar refractivity (Wildman–Crippen MR) is 50.4 cm³/mol. The van der Waals surface area contributed by atoms with E-state index in [9.17, 15) is 0 Å². The third-order valence-corrected chi connectivity index (χ3v) is 1.71. The lowest BCUT2D eigenvalue weighted by Gasteiger charge is -2.17. The van der Waals surface area contributed by atoms with E-state index >= 15 is 0 Å². The van der Waals surface area contributed by atoms with Crippen molar-refractivity contribution in [2.75, 3.05) is 0 Å². The Labute approximate surface area is 70.6 Å². The minimum Gasteiger partial charge on any atom is -0.311 e. The Morgan fingerprint density at radius 2 is 2.00 bits per heavy atom. The summed E-state index contributed by atoms with van der Waals surface area (Å²) in [5.41, 5.74) is 0. The van der Waals surface area contributed by atoms with Crippen molar-refractivity contribution in [2.45, 2.75) is 52.1 Å². The molecule has 0 spiro atoms. The van der Waals surface area contributed by atoms with Gasteiger partial charge >= 0.3 is 0 Å². The van der Waals surface area contributed by atoms with E-state index in [2.05, 4.69) is 32.0 Å². The van der Waals surface area contributed by atoms with Gasteiger partial charge in [0.25, 0.3) is 0 Å². The molecule has 1 N–H and O–H groups in total. The number of nitrogens with one attached hydrogen (secondary N) is 1. The van der Waals surface area contributed by atoms with Gasteiger partial charge in [0.1, 0.15) is 0 Å². The summed E-state index contributed by atoms with van der Waals surface area (Å²) in [7, 11) is 0. The maximum absolute atomic E-state index is 5.19. The van der Waals surface area contributed by atoms with E-state index in [4.69, 9.17) is 6.42 Å². The first kappa shape index (κ1) is 10.5. The lowest BCUT2D eigenvalue weighted by molar-refractivity contribution is 0.447. The summed E-state index contributed by atoms with van der Waals surface area (Å²) in [4.78, 5) is 0. The third-order valence-electron chi connectivity index (χ3n) is 1.71. The average Bonchev–Trinajstić information content (AvgIpc) is 1.87. The smallest absolute Gasteiger partial charge is 0.0238 e. The maximum Gasteiger partial charge on any atom is 0.0238 e. The molecule has 0 fully saturated rings. The first-order valence-corrected chi connectivity index (χ1v) is 4.40. The highest BCUT2D eigenvalue weighted by Crippen LogP contribution is 1.98. The molecule has 0 aliphatic heterocycles. The van der Waals surface area contributed by atoms with E-state index in [0.29, 0.717) is 12.1 Å². The molecule has 0 aliphatic rings. The number of rotatable bonds is 5. The number of hydrogen-bond acceptors (Lipinski definition) is 1. The molecule has 2 unspecified atom stereocenters. The van der Waals surface area contributed by atoms with Crippen LogP contribution in [0.15, 0.2) is 0 Å².